The molecule has 2 amide bonds. The quantitative estimate of drug-likeness (QED) is 0.152. The summed E-state index contributed by atoms with van der Waals surface area (Å²) in [5, 5.41) is 13.3. The van der Waals surface area contributed by atoms with E-state index < -0.39 is 11.9 Å². The Morgan fingerprint density at radius 1 is 1.32 bits per heavy atom. The highest BCUT2D eigenvalue weighted by Gasteiger charge is 2.34. The number of hydrogen-bond donors (Lipinski definition) is 2. The van der Waals surface area contributed by atoms with Gasteiger partial charge in [0.1, 0.15) is 23.2 Å². The summed E-state index contributed by atoms with van der Waals surface area (Å²) in [7, 11) is 1.61. The number of carbonyl (C=O) groups excluding carboxylic acids is 2. The number of anilines is 1. The lowest BCUT2D eigenvalue weighted by molar-refractivity contribution is -0.110. The minimum atomic E-state index is -0.717. The van der Waals surface area contributed by atoms with Crippen molar-refractivity contribution in [2.75, 3.05) is 25.0 Å². The molecule has 2 aromatic rings. The van der Waals surface area contributed by atoms with Gasteiger partial charge >= 0.3 is 0 Å². The fourth-order valence-corrected chi connectivity index (χ4v) is 5.12. The minimum Gasteiger partial charge on any atom is -0.507 e. The van der Waals surface area contributed by atoms with E-state index in [9.17, 15) is 14.7 Å². The van der Waals surface area contributed by atoms with Crippen molar-refractivity contribution < 1.29 is 19.1 Å². The molecular formula is C30H36ClFN6O3. The molecule has 0 bridgehead atoms. The van der Waals surface area contributed by atoms with E-state index >= 15 is 4.39 Å². The van der Waals surface area contributed by atoms with Crippen LogP contribution >= 0.6 is 11.6 Å². The summed E-state index contributed by atoms with van der Waals surface area (Å²) in [6.45, 7) is 10.6. The van der Waals surface area contributed by atoms with Crippen molar-refractivity contribution in [1.82, 2.24) is 15.2 Å². The van der Waals surface area contributed by atoms with E-state index in [-0.39, 0.29) is 45.7 Å². The van der Waals surface area contributed by atoms with Gasteiger partial charge in [-0.3, -0.25) is 24.5 Å². The van der Waals surface area contributed by atoms with Crippen molar-refractivity contribution in [1.29, 1.82) is 0 Å². The van der Waals surface area contributed by atoms with Crippen LogP contribution in [0, 0.1) is 17.7 Å². The van der Waals surface area contributed by atoms with E-state index in [0.29, 0.717) is 43.7 Å². The summed E-state index contributed by atoms with van der Waals surface area (Å²) in [5.74, 6) is -0.438. The van der Waals surface area contributed by atoms with Crippen LogP contribution < -0.4 is 10.2 Å². The van der Waals surface area contributed by atoms with Gasteiger partial charge in [-0.25, -0.2) is 9.37 Å². The van der Waals surface area contributed by atoms with Crippen LogP contribution in [0.3, 0.4) is 0 Å². The predicted octanol–water partition coefficient (Wildman–Crippen LogP) is 4.84. The molecule has 218 valence electrons. The molecule has 11 heteroatoms. The second-order valence-electron chi connectivity index (χ2n) is 9.98. The number of halogens is 2. The van der Waals surface area contributed by atoms with E-state index in [0.717, 1.165) is 0 Å². The van der Waals surface area contributed by atoms with E-state index in [2.05, 4.69) is 21.9 Å². The standard InChI is InChI=1S/C30H36ClFN6O3/c1-6-7-13-37(20(4)15-35-17-39)29(33-5)21-14-23(31)28(27-24(32)9-8-10-26(27)41)36-30(21)38(18-40)25-11-12-34-16-22(25)19(2)3/h6,8-12,14,16-20,22,25,41H,1,7,13,15H2,2-5H3,(H,35,39). The van der Waals surface area contributed by atoms with Crippen LogP contribution in [-0.4, -0.2) is 72.1 Å². The number of aromatic hydroxyl groups is 1. The number of hydrogen-bond acceptors (Lipinski definition) is 6. The molecule has 0 aliphatic carbocycles. The third-order valence-electron chi connectivity index (χ3n) is 6.98. The number of benzene rings is 1. The Labute approximate surface area is 245 Å². The minimum absolute atomic E-state index is 0.0221. The average Bonchev–Trinajstić information content (AvgIpc) is 2.95. The summed E-state index contributed by atoms with van der Waals surface area (Å²) >= 11 is 6.74. The fourth-order valence-electron chi connectivity index (χ4n) is 4.87. The van der Waals surface area contributed by atoms with Crippen LogP contribution in [-0.2, 0) is 9.59 Å². The average molecular weight is 583 g/mol. The molecule has 1 aromatic carbocycles. The molecule has 3 rings (SSSR count). The maximum absolute atomic E-state index is 15.0. The Morgan fingerprint density at radius 3 is 2.68 bits per heavy atom. The van der Waals surface area contributed by atoms with E-state index in [1.165, 1.54) is 23.1 Å². The summed E-state index contributed by atoms with van der Waals surface area (Å²) in [6.07, 6.45) is 8.91. The summed E-state index contributed by atoms with van der Waals surface area (Å²) in [6, 6.07) is 4.82. The third kappa shape index (κ3) is 7.00. The van der Waals surface area contributed by atoms with Gasteiger partial charge in [0.15, 0.2) is 0 Å². The third-order valence-corrected chi connectivity index (χ3v) is 7.27. The molecule has 2 heterocycles. The van der Waals surface area contributed by atoms with Gasteiger partial charge in [0, 0.05) is 44.5 Å². The van der Waals surface area contributed by atoms with Crippen molar-refractivity contribution in [2.24, 2.45) is 21.8 Å². The topological polar surface area (TPSA) is 110 Å². The number of amidine groups is 1. The molecule has 2 N–H and O–H groups in total. The number of amides is 2. The van der Waals surface area contributed by atoms with Gasteiger partial charge in [0.2, 0.25) is 12.8 Å². The highest BCUT2D eigenvalue weighted by molar-refractivity contribution is 6.33. The zero-order valence-electron chi connectivity index (χ0n) is 23.7. The lowest BCUT2D eigenvalue weighted by Gasteiger charge is -2.37. The first-order valence-corrected chi connectivity index (χ1v) is 13.7. The number of rotatable bonds is 13. The number of phenols is 1. The van der Waals surface area contributed by atoms with Gasteiger partial charge in [-0.2, -0.15) is 0 Å². The van der Waals surface area contributed by atoms with Crippen molar-refractivity contribution >= 4 is 42.3 Å². The number of aliphatic imine (C=N–C) groups is 2. The molecule has 1 aliphatic heterocycles. The van der Waals surface area contributed by atoms with Crippen molar-refractivity contribution in [3.63, 3.8) is 0 Å². The lowest BCUT2D eigenvalue weighted by Crippen LogP contribution is -2.47. The first-order chi connectivity index (χ1) is 19.7. The molecule has 0 fully saturated rings. The first kappa shape index (κ1) is 31.5. The lowest BCUT2D eigenvalue weighted by atomic mass is 9.87. The van der Waals surface area contributed by atoms with E-state index in [4.69, 9.17) is 16.6 Å². The van der Waals surface area contributed by atoms with Crippen LogP contribution in [0.2, 0.25) is 5.02 Å². The Hall–Kier alpha value is -4.05. The van der Waals surface area contributed by atoms with Gasteiger partial charge in [-0.1, -0.05) is 37.6 Å². The predicted molar refractivity (Wildman–Crippen MR) is 162 cm³/mol. The molecule has 0 radical (unpaired) electrons. The highest BCUT2D eigenvalue weighted by atomic mass is 35.5. The van der Waals surface area contributed by atoms with E-state index in [1.54, 1.807) is 31.6 Å². The van der Waals surface area contributed by atoms with Crippen LogP contribution in [0.4, 0.5) is 10.2 Å². The van der Waals surface area contributed by atoms with Crippen LogP contribution in [0.5, 0.6) is 5.75 Å². The zero-order valence-corrected chi connectivity index (χ0v) is 24.4. The monoisotopic (exact) mass is 582 g/mol. The Morgan fingerprint density at radius 2 is 2.07 bits per heavy atom. The molecule has 3 unspecified atom stereocenters. The Kier molecular flexibility index (Phi) is 11.2. The van der Waals surface area contributed by atoms with Crippen molar-refractivity contribution in [2.45, 2.75) is 39.3 Å². The molecule has 0 saturated carbocycles. The van der Waals surface area contributed by atoms with Crippen LogP contribution in [0.1, 0.15) is 32.8 Å². The first-order valence-electron chi connectivity index (χ1n) is 13.3. The highest BCUT2D eigenvalue weighted by Crippen LogP contribution is 2.39. The molecule has 0 saturated heterocycles. The number of nitrogens with zero attached hydrogens (tertiary/aromatic N) is 5. The van der Waals surface area contributed by atoms with Crippen LogP contribution in [0.15, 0.2) is 59.2 Å². The zero-order chi connectivity index (χ0) is 30.1. The molecule has 3 atom stereocenters. The van der Waals surface area contributed by atoms with Crippen LogP contribution in [0.25, 0.3) is 11.3 Å². The fraction of sp³-hybridized carbons (Fsp3) is 0.367. The number of phenolic OH excluding ortho intramolecular Hbond substituents is 1. The normalized spacial score (nSPS) is 17.3. The largest absolute Gasteiger partial charge is 0.507 e. The second-order valence-corrected chi connectivity index (χ2v) is 10.4. The van der Waals surface area contributed by atoms with Gasteiger partial charge in [0.05, 0.1) is 27.9 Å². The number of nitrogens with one attached hydrogen (secondary N) is 1. The summed E-state index contributed by atoms with van der Waals surface area (Å²) in [4.78, 5) is 40.9. The number of aromatic nitrogens is 1. The Bertz CT molecular complexity index is 1330. The van der Waals surface area contributed by atoms with Gasteiger partial charge in [-0.15, -0.1) is 6.58 Å². The van der Waals surface area contributed by atoms with Gasteiger partial charge in [-0.05, 0) is 43.5 Å². The van der Waals surface area contributed by atoms with Crippen molar-refractivity contribution in [3.8, 4) is 17.0 Å². The summed E-state index contributed by atoms with van der Waals surface area (Å²) in [5.41, 5.74) is 0.218. The summed E-state index contributed by atoms with van der Waals surface area (Å²) < 4.78 is 15.0. The molecule has 1 aromatic heterocycles. The Balaban J connectivity index is 2.32. The maximum atomic E-state index is 15.0. The smallest absolute Gasteiger partial charge is 0.215 e. The molecule has 41 heavy (non-hydrogen) atoms. The van der Waals surface area contributed by atoms with Crippen molar-refractivity contribution in [3.05, 3.63) is 65.6 Å². The second kappa shape index (κ2) is 14.5. The maximum Gasteiger partial charge on any atom is 0.215 e. The van der Waals surface area contributed by atoms with E-state index in [1.807, 2.05) is 31.7 Å². The number of pyridine rings is 1. The molecule has 0 spiro atoms. The SMILES string of the molecule is C=CCCN(C(=NC)c1cc(Cl)c(-c2c(O)cccc2F)nc1N(C=O)C1C=CN=CC1C(C)C)C(C)CNC=O. The molecule has 1 aliphatic rings. The van der Waals surface area contributed by atoms with Gasteiger partial charge < -0.3 is 15.3 Å². The molecular weight excluding hydrogens is 547 g/mol. The molecule has 9 nitrogen and oxygen atoms in total. The van der Waals surface area contributed by atoms with Gasteiger partial charge in [0.25, 0.3) is 0 Å². The number of carbonyl (C=O) groups is 2.